The molecule has 0 aromatic rings. The van der Waals surface area contributed by atoms with E-state index in [4.69, 9.17) is 4.74 Å². The van der Waals surface area contributed by atoms with Gasteiger partial charge in [0.25, 0.3) is 0 Å². The second-order valence-corrected chi connectivity index (χ2v) is 9.25. The molecule has 1 aliphatic carbocycles. The summed E-state index contributed by atoms with van der Waals surface area (Å²) in [6.45, 7) is 2.43. The van der Waals surface area contributed by atoms with E-state index in [-0.39, 0.29) is 13.0 Å². The van der Waals surface area contributed by atoms with E-state index in [2.05, 4.69) is 12.2 Å². The van der Waals surface area contributed by atoms with Crippen LogP contribution >= 0.6 is 0 Å². The molecule has 0 heterocycles. The van der Waals surface area contributed by atoms with Crippen molar-refractivity contribution in [2.75, 3.05) is 12.3 Å². The van der Waals surface area contributed by atoms with Crippen LogP contribution in [0.3, 0.4) is 0 Å². The van der Waals surface area contributed by atoms with Gasteiger partial charge in [-0.25, -0.2) is 8.42 Å². The van der Waals surface area contributed by atoms with Crippen LogP contribution in [-0.2, 0) is 19.6 Å². The van der Waals surface area contributed by atoms with Gasteiger partial charge in [-0.1, -0.05) is 71.1 Å². The summed E-state index contributed by atoms with van der Waals surface area (Å²) >= 11 is 0. The lowest BCUT2D eigenvalue weighted by atomic mass is 9.95. The third-order valence-corrected chi connectivity index (χ3v) is 5.94. The molecule has 0 radical (unpaired) electrons. The van der Waals surface area contributed by atoms with Crippen LogP contribution in [0.15, 0.2) is 0 Å². The number of unbranched alkanes of at least 4 members (excludes halogenated alkanes) is 7. The minimum atomic E-state index is -4.43. The smallest absolute Gasteiger partial charge is 0.306 e. The Labute approximate surface area is 165 Å². The zero-order valence-electron chi connectivity index (χ0n) is 16.9. The number of carbonyl (C=O) groups excluding carboxylic acids is 1. The number of rotatable bonds is 15. The fraction of sp³-hybridized carbons (Fsp3) is 0.950. The van der Waals surface area contributed by atoms with Gasteiger partial charge in [0, 0.05) is 19.0 Å². The lowest BCUT2D eigenvalue weighted by molar-refractivity contribution is -0.148. The van der Waals surface area contributed by atoms with Gasteiger partial charge in [0.1, 0.15) is 6.10 Å². The van der Waals surface area contributed by atoms with E-state index >= 15 is 0 Å². The van der Waals surface area contributed by atoms with Crippen LogP contribution in [0.5, 0.6) is 0 Å². The SMILES string of the molecule is CCCCCCCCCCC(=O)OC(CNC1CCCCC1)CS(=O)(=O)[O-]. The van der Waals surface area contributed by atoms with Gasteiger partial charge in [-0.2, -0.15) is 0 Å². The van der Waals surface area contributed by atoms with Gasteiger partial charge in [0.15, 0.2) is 0 Å². The van der Waals surface area contributed by atoms with E-state index in [1.54, 1.807) is 0 Å². The summed E-state index contributed by atoms with van der Waals surface area (Å²) in [6.07, 6.45) is 14.1. The predicted octanol–water partition coefficient (Wildman–Crippen LogP) is 3.90. The maximum Gasteiger partial charge on any atom is 0.306 e. The lowest BCUT2D eigenvalue weighted by Crippen LogP contribution is -2.41. The molecule has 6 nitrogen and oxygen atoms in total. The van der Waals surface area contributed by atoms with E-state index in [0.29, 0.717) is 6.04 Å². The standard InChI is InChI=1S/C20H39NO5S/c1-2-3-4-5-6-7-8-12-15-20(22)26-19(17-27(23,24)25)16-21-18-13-10-9-11-14-18/h18-19,21H,2-17H2,1H3,(H,23,24,25)/p-1. The second kappa shape index (κ2) is 14.4. The summed E-state index contributed by atoms with van der Waals surface area (Å²) in [5, 5.41) is 3.27. The molecule has 0 spiro atoms. The van der Waals surface area contributed by atoms with Gasteiger partial charge in [-0.05, 0) is 19.3 Å². The summed E-state index contributed by atoms with van der Waals surface area (Å²) in [4.78, 5) is 12.0. The Bertz CT molecular complexity index is 489. The van der Waals surface area contributed by atoms with E-state index in [1.807, 2.05) is 0 Å². The van der Waals surface area contributed by atoms with Crippen molar-refractivity contribution in [1.82, 2.24) is 5.32 Å². The predicted molar refractivity (Wildman–Crippen MR) is 107 cm³/mol. The van der Waals surface area contributed by atoms with Gasteiger partial charge < -0.3 is 14.6 Å². The van der Waals surface area contributed by atoms with Crippen LogP contribution in [0.1, 0.15) is 96.8 Å². The highest BCUT2D eigenvalue weighted by molar-refractivity contribution is 7.85. The van der Waals surface area contributed by atoms with Crippen molar-refractivity contribution < 1.29 is 22.5 Å². The molecule has 160 valence electrons. The fourth-order valence-corrected chi connectivity index (χ4v) is 4.26. The van der Waals surface area contributed by atoms with Gasteiger partial charge in [0.2, 0.25) is 0 Å². The summed E-state index contributed by atoms with van der Waals surface area (Å²) in [6, 6.07) is 0.321. The summed E-state index contributed by atoms with van der Waals surface area (Å²) in [5.74, 6) is -1.06. The molecule has 0 aromatic heterocycles. The number of esters is 1. The van der Waals surface area contributed by atoms with Gasteiger partial charge in [-0.15, -0.1) is 0 Å². The average Bonchev–Trinajstić information content (AvgIpc) is 2.61. The van der Waals surface area contributed by atoms with Crippen LogP contribution < -0.4 is 5.32 Å². The highest BCUT2D eigenvalue weighted by Crippen LogP contribution is 2.17. The highest BCUT2D eigenvalue weighted by Gasteiger charge is 2.20. The normalized spacial score (nSPS) is 17.0. The van der Waals surface area contributed by atoms with Crippen molar-refractivity contribution in [3.63, 3.8) is 0 Å². The summed E-state index contributed by atoms with van der Waals surface area (Å²) < 4.78 is 38.6. The van der Waals surface area contributed by atoms with E-state index in [9.17, 15) is 17.8 Å². The first-order valence-corrected chi connectivity index (χ1v) is 12.3. The van der Waals surface area contributed by atoms with Crippen LogP contribution in [0.25, 0.3) is 0 Å². The molecule has 0 saturated heterocycles. The van der Waals surface area contributed by atoms with Crippen LogP contribution in [-0.4, -0.2) is 43.4 Å². The van der Waals surface area contributed by atoms with Crippen molar-refractivity contribution >= 4 is 16.1 Å². The van der Waals surface area contributed by atoms with Crippen molar-refractivity contribution in [3.8, 4) is 0 Å². The molecule has 1 saturated carbocycles. The molecule has 0 bridgehead atoms. The largest absolute Gasteiger partial charge is 0.748 e. The van der Waals surface area contributed by atoms with Crippen molar-refractivity contribution in [3.05, 3.63) is 0 Å². The van der Waals surface area contributed by atoms with Gasteiger partial charge in [-0.3, -0.25) is 4.79 Å². The topological polar surface area (TPSA) is 95.5 Å². The first-order chi connectivity index (χ1) is 12.9. The molecule has 27 heavy (non-hydrogen) atoms. The van der Waals surface area contributed by atoms with E-state index < -0.39 is 27.9 Å². The fourth-order valence-electron chi connectivity index (χ4n) is 3.62. The minimum Gasteiger partial charge on any atom is -0.748 e. The Morgan fingerprint density at radius 2 is 1.63 bits per heavy atom. The second-order valence-electron chi connectivity index (χ2n) is 7.80. The number of carbonyl (C=O) groups is 1. The number of nitrogens with one attached hydrogen (secondary N) is 1. The van der Waals surface area contributed by atoms with Gasteiger partial charge >= 0.3 is 5.97 Å². The van der Waals surface area contributed by atoms with Crippen molar-refractivity contribution in [1.29, 1.82) is 0 Å². The van der Waals surface area contributed by atoms with Crippen LogP contribution in [0, 0.1) is 0 Å². The van der Waals surface area contributed by atoms with Crippen molar-refractivity contribution in [2.24, 2.45) is 0 Å². The zero-order chi connectivity index (χ0) is 20.0. The first kappa shape index (κ1) is 24.4. The Hall–Kier alpha value is -0.660. The number of ether oxygens (including phenoxy) is 1. The molecule has 1 N–H and O–H groups in total. The van der Waals surface area contributed by atoms with Crippen LogP contribution in [0.4, 0.5) is 0 Å². The molecule has 1 fully saturated rings. The molecule has 0 aromatic carbocycles. The zero-order valence-corrected chi connectivity index (χ0v) is 17.7. The minimum absolute atomic E-state index is 0.231. The highest BCUT2D eigenvalue weighted by atomic mass is 32.2. The Balaban J connectivity index is 2.24. The molecule has 1 atom stereocenters. The molecule has 7 heteroatoms. The Kier molecular flexibility index (Phi) is 13.0. The van der Waals surface area contributed by atoms with Gasteiger partial charge in [0.05, 0.1) is 15.9 Å². The summed E-state index contributed by atoms with van der Waals surface area (Å²) in [7, 11) is -4.43. The lowest BCUT2D eigenvalue weighted by Gasteiger charge is -2.26. The molecular formula is C20H38NO5S-. The number of hydrogen-bond acceptors (Lipinski definition) is 6. The maximum atomic E-state index is 12.0. The Morgan fingerprint density at radius 3 is 2.22 bits per heavy atom. The van der Waals surface area contributed by atoms with E-state index in [1.165, 1.54) is 38.5 Å². The third kappa shape index (κ3) is 14.1. The molecular weight excluding hydrogens is 366 g/mol. The quantitative estimate of drug-likeness (QED) is 0.253. The van der Waals surface area contributed by atoms with E-state index in [0.717, 1.165) is 44.9 Å². The molecule has 1 unspecified atom stereocenters. The average molecular weight is 405 g/mol. The molecule has 0 amide bonds. The van der Waals surface area contributed by atoms with Crippen molar-refractivity contribution in [2.45, 2.75) is 109 Å². The maximum absolute atomic E-state index is 12.0. The van der Waals surface area contributed by atoms with Crippen LogP contribution in [0.2, 0.25) is 0 Å². The summed E-state index contributed by atoms with van der Waals surface area (Å²) in [5.41, 5.74) is 0. The third-order valence-electron chi connectivity index (χ3n) is 5.16. The molecule has 1 rings (SSSR count). The first-order valence-electron chi connectivity index (χ1n) is 10.8. The molecule has 1 aliphatic rings. The number of hydrogen-bond donors (Lipinski definition) is 1. The molecule has 0 aliphatic heterocycles. The monoisotopic (exact) mass is 404 g/mol. The Morgan fingerprint density at radius 1 is 1.04 bits per heavy atom.